The molecule has 1 rings (SSSR count). The molecule has 1 fully saturated rings. The van der Waals surface area contributed by atoms with E-state index in [1.54, 1.807) is 0 Å². The first-order valence-corrected chi connectivity index (χ1v) is 7.34. The molecule has 0 spiro atoms. The van der Waals surface area contributed by atoms with Gasteiger partial charge in [0.2, 0.25) is 0 Å². The van der Waals surface area contributed by atoms with Gasteiger partial charge in [0.05, 0.1) is 5.92 Å². The smallest absolute Gasteiger partial charge is 0.329 e. The van der Waals surface area contributed by atoms with Gasteiger partial charge in [-0.25, -0.2) is 0 Å². The first-order chi connectivity index (χ1) is 8.85. The van der Waals surface area contributed by atoms with Gasteiger partial charge in [-0.2, -0.15) is 13.2 Å². The Morgan fingerprint density at radius 1 is 1.32 bits per heavy atom. The van der Waals surface area contributed by atoms with E-state index >= 15 is 0 Å². The standard InChI is InChI=1S/C14H27F3N2/c1-3-4-5-9-19(2)13(11-18)8-6-7-12(10-13)14(15,16)17/h12H,3-11,18H2,1-2H3. The molecule has 0 heterocycles. The minimum Gasteiger partial charge on any atom is -0.329 e. The summed E-state index contributed by atoms with van der Waals surface area (Å²) in [5.41, 5.74) is 5.39. The molecule has 0 saturated heterocycles. The van der Waals surface area contributed by atoms with E-state index in [4.69, 9.17) is 5.73 Å². The summed E-state index contributed by atoms with van der Waals surface area (Å²) in [6.45, 7) is 3.29. The second kappa shape index (κ2) is 6.93. The molecule has 0 aromatic carbocycles. The van der Waals surface area contributed by atoms with Crippen molar-refractivity contribution >= 4 is 0 Å². The number of rotatable bonds is 6. The van der Waals surface area contributed by atoms with Crippen molar-refractivity contribution in [2.45, 2.75) is 63.6 Å². The molecule has 0 amide bonds. The van der Waals surface area contributed by atoms with Gasteiger partial charge in [0, 0.05) is 12.1 Å². The normalized spacial score (nSPS) is 28.9. The molecule has 1 saturated carbocycles. The van der Waals surface area contributed by atoms with Crippen molar-refractivity contribution in [2.75, 3.05) is 20.1 Å². The molecule has 0 radical (unpaired) electrons. The minimum atomic E-state index is -4.08. The highest BCUT2D eigenvalue weighted by Gasteiger charge is 2.48. The molecule has 114 valence electrons. The number of unbranched alkanes of at least 4 members (excludes halogenated alkanes) is 2. The summed E-state index contributed by atoms with van der Waals surface area (Å²) in [6.07, 6.45) is 1.03. The zero-order valence-electron chi connectivity index (χ0n) is 12.1. The number of alkyl halides is 3. The lowest BCUT2D eigenvalue weighted by Gasteiger charge is -2.47. The third-order valence-electron chi connectivity index (χ3n) is 4.57. The van der Waals surface area contributed by atoms with Crippen molar-refractivity contribution in [1.82, 2.24) is 4.90 Å². The second-order valence-corrected chi connectivity index (χ2v) is 5.89. The predicted octanol–water partition coefficient (Wildman–Crippen LogP) is 3.56. The molecule has 0 aromatic rings. The second-order valence-electron chi connectivity index (χ2n) is 5.89. The van der Waals surface area contributed by atoms with Crippen molar-refractivity contribution in [3.63, 3.8) is 0 Å². The van der Waals surface area contributed by atoms with Crippen LogP contribution in [-0.4, -0.2) is 36.8 Å². The van der Waals surface area contributed by atoms with E-state index in [2.05, 4.69) is 11.8 Å². The average molecular weight is 280 g/mol. The molecule has 2 N–H and O–H groups in total. The number of nitrogens with zero attached hydrogens (tertiary/aromatic N) is 1. The fourth-order valence-electron chi connectivity index (χ4n) is 3.14. The Morgan fingerprint density at radius 3 is 2.53 bits per heavy atom. The average Bonchev–Trinajstić information content (AvgIpc) is 2.38. The van der Waals surface area contributed by atoms with Crippen molar-refractivity contribution in [3.05, 3.63) is 0 Å². The maximum atomic E-state index is 12.9. The highest BCUT2D eigenvalue weighted by Crippen LogP contribution is 2.43. The maximum absolute atomic E-state index is 12.9. The van der Waals surface area contributed by atoms with Gasteiger partial charge in [0.25, 0.3) is 0 Å². The van der Waals surface area contributed by atoms with E-state index in [1.807, 2.05) is 7.05 Å². The first-order valence-electron chi connectivity index (χ1n) is 7.34. The van der Waals surface area contributed by atoms with Crippen molar-refractivity contribution in [2.24, 2.45) is 11.7 Å². The summed E-state index contributed by atoms with van der Waals surface area (Å²) in [5.74, 6) is -1.18. The molecular formula is C14H27F3N2. The van der Waals surface area contributed by atoms with Crippen LogP contribution in [-0.2, 0) is 0 Å². The third-order valence-corrected chi connectivity index (χ3v) is 4.57. The lowest BCUT2D eigenvalue weighted by Crippen LogP contribution is -2.56. The lowest BCUT2D eigenvalue weighted by atomic mass is 9.74. The van der Waals surface area contributed by atoms with Crippen LogP contribution in [0.25, 0.3) is 0 Å². The van der Waals surface area contributed by atoms with Crippen molar-refractivity contribution in [1.29, 1.82) is 0 Å². The summed E-state index contributed by atoms with van der Waals surface area (Å²) in [6, 6.07) is 0. The van der Waals surface area contributed by atoms with Crippen LogP contribution in [0.15, 0.2) is 0 Å². The molecule has 1 aliphatic carbocycles. The van der Waals surface area contributed by atoms with Gasteiger partial charge in [-0.05, 0) is 39.3 Å². The number of hydrogen-bond acceptors (Lipinski definition) is 2. The van der Waals surface area contributed by atoms with Crippen LogP contribution < -0.4 is 5.73 Å². The Morgan fingerprint density at radius 2 is 2.00 bits per heavy atom. The summed E-state index contributed by atoms with van der Waals surface area (Å²) < 4.78 is 38.8. The van der Waals surface area contributed by atoms with Crippen LogP contribution >= 0.6 is 0 Å². The molecule has 5 heteroatoms. The maximum Gasteiger partial charge on any atom is 0.391 e. The van der Waals surface area contributed by atoms with E-state index in [1.165, 1.54) is 0 Å². The van der Waals surface area contributed by atoms with Crippen molar-refractivity contribution in [3.8, 4) is 0 Å². The number of hydrogen-bond donors (Lipinski definition) is 1. The van der Waals surface area contributed by atoms with Gasteiger partial charge in [-0.15, -0.1) is 0 Å². The van der Waals surface area contributed by atoms with Gasteiger partial charge >= 0.3 is 6.18 Å². The molecule has 2 unspecified atom stereocenters. The summed E-state index contributed by atoms with van der Waals surface area (Å²) in [4.78, 5) is 2.08. The zero-order chi connectivity index (χ0) is 14.5. The summed E-state index contributed by atoms with van der Waals surface area (Å²) >= 11 is 0. The lowest BCUT2D eigenvalue weighted by molar-refractivity contribution is -0.192. The van der Waals surface area contributed by atoms with Gasteiger partial charge in [-0.3, -0.25) is 4.90 Å². The van der Waals surface area contributed by atoms with Crippen LogP contribution in [0.1, 0.15) is 51.9 Å². The van der Waals surface area contributed by atoms with Gasteiger partial charge in [-0.1, -0.05) is 26.2 Å². The largest absolute Gasteiger partial charge is 0.391 e. The van der Waals surface area contributed by atoms with Gasteiger partial charge in [0.1, 0.15) is 0 Å². The first kappa shape index (κ1) is 16.8. The third kappa shape index (κ3) is 4.35. The predicted molar refractivity (Wildman–Crippen MR) is 72.0 cm³/mol. The molecular weight excluding hydrogens is 253 g/mol. The van der Waals surface area contributed by atoms with Crippen LogP contribution in [0.4, 0.5) is 13.2 Å². The van der Waals surface area contributed by atoms with Gasteiger partial charge in [0.15, 0.2) is 0 Å². The highest BCUT2D eigenvalue weighted by molar-refractivity contribution is 4.97. The molecule has 2 nitrogen and oxygen atoms in total. The number of nitrogens with two attached hydrogens (primary N) is 1. The van der Waals surface area contributed by atoms with Crippen LogP contribution in [0, 0.1) is 5.92 Å². The van der Waals surface area contributed by atoms with Crippen LogP contribution in [0.3, 0.4) is 0 Å². The van der Waals surface area contributed by atoms with E-state index in [-0.39, 0.29) is 12.8 Å². The quantitative estimate of drug-likeness (QED) is 0.754. The van der Waals surface area contributed by atoms with E-state index in [9.17, 15) is 13.2 Å². The Hall–Kier alpha value is -0.290. The van der Waals surface area contributed by atoms with E-state index < -0.39 is 17.6 Å². The van der Waals surface area contributed by atoms with E-state index in [0.29, 0.717) is 13.0 Å². The highest BCUT2D eigenvalue weighted by atomic mass is 19.4. The number of likely N-dealkylation sites (N-methyl/N-ethyl adjacent to an activating group) is 1. The molecule has 0 aliphatic heterocycles. The molecule has 2 atom stereocenters. The Balaban J connectivity index is 2.67. The molecule has 1 aliphatic rings. The Bertz CT molecular complexity index is 268. The minimum absolute atomic E-state index is 0.162. The van der Waals surface area contributed by atoms with E-state index in [0.717, 1.165) is 32.2 Å². The van der Waals surface area contributed by atoms with Crippen molar-refractivity contribution < 1.29 is 13.2 Å². The van der Waals surface area contributed by atoms with Crippen LogP contribution in [0.5, 0.6) is 0 Å². The topological polar surface area (TPSA) is 29.3 Å². The molecule has 0 bridgehead atoms. The fraction of sp³-hybridized carbons (Fsp3) is 1.00. The monoisotopic (exact) mass is 280 g/mol. The SMILES string of the molecule is CCCCCN(C)C1(CN)CCCC(C(F)(F)F)C1. The fourth-order valence-corrected chi connectivity index (χ4v) is 3.14. The van der Waals surface area contributed by atoms with Gasteiger partial charge < -0.3 is 5.73 Å². The number of halogens is 3. The van der Waals surface area contributed by atoms with Crippen LogP contribution in [0.2, 0.25) is 0 Å². The Kier molecular flexibility index (Phi) is 6.12. The zero-order valence-corrected chi connectivity index (χ0v) is 12.1. The summed E-state index contributed by atoms with van der Waals surface area (Å²) in [5, 5.41) is 0. The molecule has 19 heavy (non-hydrogen) atoms. The summed E-state index contributed by atoms with van der Waals surface area (Å²) in [7, 11) is 1.93. The Labute approximate surface area is 114 Å². The molecule has 0 aromatic heterocycles.